The van der Waals surface area contributed by atoms with Crippen molar-refractivity contribution in [1.82, 2.24) is 10.0 Å². The number of nitrogens with one attached hydrogen (secondary N) is 2. The monoisotopic (exact) mass is 314 g/mol. The van der Waals surface area contributed by atoms with E-state index < -0.39 is 10.0 Å². The van der Waals surface area contributed by atoms with Gasteiger partial charge >= 0.3 is 0 Å². The molecule has 0 spiro atoms. The van der Waals surface area contributed by atoms with Gasteiger partial charge in [-0.15, -0.1) is 0 Å². The fourth-order valence-electron chi connectivity index (χ4n) is 1.80. The summed E-state index contributed by atoms with van der Waals surface area (Å²) in [5.41, 5.74) is 0.833. The molecule has 6 heteroatoms. The Labute approximate surface area is 128 Å². The van der Waals surface area contributed by atoms with E-state index in [1.54, 1.807) is 18.2 Å². The Morgan fingerprint density at radius 2 is 1.90 bits per heavy atom. The summed E-state index contributed by atoms with van der Waals surface area (Å²) in [4.78, 5) is 0.267. The Morgan fingerprint density at radius 3 is 2.43 bits per heavy atom. The molecule has 1 aromatic carbocycles. The molecule has 1 unspecified atom stereocenters. The van der Waals surface area contributed by atoms with Crippen molar-refractivity contribution in [3.8, 4) is 5.75 Å². The number of benzene rings is 1. The summed E-state index contributed by atoms with van der Waals surface area (Å²) >= 11 is 0. The number of hydrogen-bond donors (Lipinski definition) is 2. The molecule has 2 N–H and O–H groups in total. The molecule has 1 aromatic rings. The molecule has 0 aromatic heterocycles. The van der Waals surface area contributed by atoms with Crippen LogP contribution < -0.4 is 14.8 Å². The van der Waals surface area contributed by atoms with Crippen molar-refractivity contribution in [3.63, 3.8) is 0 Å². The maximum atomic E-state index is 12.4. The minimum atomic E-state index is -3.51. The molecule has 0 fully saturated rings. The average Bonchev–Trinajstić information content (AvgIpc) is 2.40. The largest absolute Gasteiger partial charge is 0.494 e. The van der Waals surface area contributed by atoms with Gasteiger partial charge in [-0.05, 0) is 45.0 Å². The van der Waals surface area contributed by atoms with Crippen LogP contribution >= 0.6 is 0 Å². The van der Waals surface area contributed by atoms with Crippen LogP contribution in [0.2, 0.25) is 0 Å². The van der Waals surface area contributed by atoms with Crippen LogP contribution in [0.5, 0.6) is 5.75 Å². The van der Waals surface area contributed by atoms with E-state index in [9.17, 15) is 8.42 Å². The lowest BCUT2D eigenvalue weighted by Crippen LogP contribution is -2.36. The Morgan fingerprint density at radius 1 is 1.24 bits per heavy atom. The maximum Gasteiger partial charge on any atom is 0.240 e. The van der Waals surface area contributed by atoms with Gasteiger partial charge < -0.3 is 10.1 Å². The molecule has 0 aliphatic heterocycles. The Kier molecular flexibility index (Phi) is 6.64. The van der Waals surface area contributed by atoms with Crippen molar-refractivity contribution in [1.29, 1.82) is 0 Å². The zero-order chi connectivity index (χ0) is 16.0. The Balaban J connectivity index is 3.09. The summed E-state index contributed by atoms with van der Waals surface area (Å²) in [6, 6.07) is 4.84. The first kappa shape index (κ1) is 17.9. The quantitative estimate of drug-likeness (QED) is 0.771. The van der Waals surface area contributed by atoms with Gasteiger partial charge in [-0.1, -0.05) is 13.8 Å². The lowest BCUT2D eigenvalue weighted by molar-refractivity contribution is 0.335. The maximum absolute atomic E-state index is 12.4. The SMILES string of the molecule is CCOc1ccc(S(=O)(=O)NC(C)C(C)C)cc1CNC. The fourth-order valence-corrected chi connectivity index (χ4v) is 3.24. The molecule has 0 saturated carbocycles. The van der Waals surface area contributed by atoms with Crippen LogP contribution in [-0.4, -0.2) is 28.1 Å². The fraction of sp³-hybridized carbons (Fsp3) is 0.600. The van der Waals surface area contributed by atoms with Crippen LogP contribution in [0.25, 0.3) is 0 Å². The first-order chi connectivity index (χ1) is 9.81. The van der Waals surface area contributed by atoms with E-state index in [1.807, 2.05) is 34.7 Å². The molecule has 0 heterocycles. The van der Waals surface area contributed by atoms with Gasteiger partial charge in [0.25, 0.3) is 0 Å². The van der Waals surface area contributed by atoms with Crippen molar-refractivity contribution in [2.75, 3.05) is 13.7 Å². The summed E-state index contributed by atoms with van der Waals surface area (Å²) in [5.74, 6) is 0.946. The van der Waals surface area contributed by atoms with Gasteiger partial charge in [-0.3, -0.25) is 0 Å². The predicted molar refractivity (Wildman–Crippen MR) is 85.0 cm³/mol. The highest BCUT2D eigenvalue weighted by Crippen LogP contribution is 2.23. The molecule has 0 aliphatic rings. The van der Waals surface area contributed by atoms with Crippen LogP contribution in [-0.2, 0) is 16.6 Å². The summed E-state index contributed by atoms with van der Waals surface area (Å²) in [7, 11) is -1.69. The van der Waals surface area contributed by atoms with E-state index in [-0.39, 0.29) is 16.9 Å². The minimum Gasteiger partial charge on any atom is -0.494 e. The Bertz CT molecular complexity index is 556. The van der Waals surface area contributed by atoms with Gasteiger partial charge in [0, 0.05) is 18.2 Å². The van der Waals surface area contributed by atoms with Crippen molar-refractivity contribution < 1.29 is 13.2 Å². The highest BCUT2D eigenvalue weighted by Gasteiger charge is 2.20. The van der Waals surface area contributed by atoms with Gasteiger partial charge in [0.1, 0.15) is 5.75 Å². The molecule has 0 amide bonds. The normalized spacial score (nSPS) is 13.4. The van der Waals surface area contributed by atoms with Crippen LogP contribution in [0.15, 0.2) is 23.1 Å². The van der Waals surface area contributed by atoms with Crippen molar-refractivity contribution in [3.05, 3.63) is 23.8 Å². The van der Waals surface area contributed by atoms with Crippen molar-refractivity contribution >= 4 is 10.0 Å². The van der Waals surface area contributed by atoms with Gasteiger partial charge in [-0.25, -0.2) is 13.1 Å². The second kappa shape index (κ2) is 7.77. The van der Waals surface area contributed by atoms with E-state index >= 15 is 0 Å². The summed E-state index contributed by atoms with van der Waals surface area (Å²) in [6.45, 7) is 8.84. The van der Waals surface area contributed by atoms with Crippen LogP contribution in [0.4, 0.5) is 0 Å². The predicted octanol–water partition coefficient (Wildman–Crippen LogP) is 2.13. The molecule has 0 radical (unpaired) electrons. The second-order valence-electron chi connectivity index (χ2n) is 5.39. The molecule has 5 nitrogen and oxygen atoms in total. The molecular weight excluding hydrogens is 288 g/mol. The third kappa shape index (κ3) is 4.98. The standard InChI is InChI=1S/C15H26N2O3S/c1-6-20-15-8-7-14(9-13(15)10-16-5)21(18,19)17-12(4)11(2)3/h7-9,11-12,16-17H,6,10H2,1-5H3. The van der Waals surface area contributed by atoms with Crippen molar-refractivity contribution in [2.24, 2.45) is 5.92 Å². The number of rotatable bonds is 8. The third-order valence-corrected chi connectivity index (χ3v) is 4.91. The lowest BCUT2D eigenvalue weighted by atomic mass is 10.1. The highest BCUT2D eigenvalue weighted by atomic mass is 32.2. The molecule has 120 valence electrons. The first-order valence-corrected chi connectivity index (χ1v) is 8.72. The molecular formula is C15H26N2O3S. The molecule has 21 heavy (non-hydrogen) atoms. The van der Waals surface area contributed by atoms with Crippen LogP contribution in [0, 0.1) is 5.92 Å². The zero-order valence-electron chi connectivity index (χ0n) is 13.4. The van der Waals surface area contributed by atoms with E-state index in [1.165, 1.54) is 0 Å². The van der Waals surface area contributed by atoms with Crippen LogP contribution in [0.3, 0.4) is 0 Å². The van der Waals surface area contributed by atoms with Gasteiger partial charge in [0.05, 0.1) is 11.5 Å². The van der Waals surface area contributed by atoms with Gasteiger partial charge in [0.2, 0.25) is 10.0 Å². The first-order valence-electron chi connectivity index (χ1n) is 7.24. The van der Waals surface area contributed by atoms with E-state index in [4.69, 9.17) is 4.74 Å². The lowest BCUT2D eigenvalue weighted by Gasteiger charge is -2.18. The second-order valence-corrected chi connectivity index (χ2v) is 7.10. The highest BCUT2D eigenvalue weighted by molar-refractivity contribution is 7.89. The summed E-state index contributed by atoms with van der Waals surface area (Å²) in [5, 5.41) is 3.03. The van der Waals surface area contributed by atoms with E-state index in [2.05, 4.69) is 10.0 Å². The van der Waals surface area contributed by atoms with Crippen molar-refractivity contribution in [2.45, 2.75) is 45.2 Å². The summed E-state index contributed by atoms with van der Waals surface area (Å²) < 4.78 is 33.0. The molecule has 1 rings (SSSR count). The molecule has 1 atom stereocenters. The zero-order valence-corrected chi connectivity index (χ0v) is 14.3. The van der Waals surface area contributed by atoms with Crippen LogP contribution in [0.1, 0.15) is 33.3 Å². The number of sulfonamides is 1. The molecule has 0 saturated heterocycles. The molecule has 0 bridgehead atoms. The van der Waals surface area contributed by atoms with Gasteiger partial charge in [0.15, 0.2) is 0 Å². The smallest absolute Gasteiger partial charge is 0.240 e. The number of ether oxygens (including phenoxy) is 1. The third-order valence-electron chi connectivity index (χ3n) is 3.35. The molecule has 0 aliphatic carbocycles. The topological polar surface area (TPSA) is 67.4 Å². The average molecular weight is 314 g/mol. The number of hydrogen-bond acceptors (Lipinski definition) is 4. The Hall–Kier alpha value is -1.11. The van der Waals surface area contributed by atoms with Gasteiger partial charge in [-0.2, -0.15) is 0 Å². The van der Waals surface area contributed by atoms with E-state index in [0.29, 0.717) is 18.9 Å². The van der Waals surface area contributed by atoms with E-state index in [0.717, 1.165) is 5.56 Å². The minimum absolute atomic E-state index is 0.116. The summed E-state index contributed by atoms with van der Waals surface area (Å²) in [6.07, 6.45) is 0.